The fourth-order valence-electron chi connectivity index (χ4n) is 1.76. The highest BCUT2D eigenvalue weighted by Gasteiger charge is 2.50. The Balaban J connectivity index is 0.00000900. The average molecular weight is 506 g/mol. The second kappa shape index (κ2) is 10.6. The normalized spacial score (nSPS) is 12.9. The minimum absolute atomic E-state index is 0. The number of ether oxygens (including phenoxy) is 3. The molecule has 0 aliphatic heterocycles. The van der Waals surface area contributed by atoms with Crippen molar-refractivity contribution in [2.45, 2.75) is 44.0 Å². The van der Waals surface area contributed by atoms with E-state index in [0.29, 0.717) is 0 Å². The highest BCUT2D eigenvalue weighted by atomic mass is 35.5. The minimum Gasteiger partial charge on any atom is -0.424 e. The van der Waals surface area contributed by atoms with E-state index in [1.807, 2.05) is 0 Å². The molecule has 0 bridgehead atoms. The van der Waals surface area contributed by atoms with Crippen molar-refractivity contribution in [1.82, 2.24) is 0 Å². The fourth-order valence-corrected chi connectivity index (χ4v) is 1.76. The van der Waals surface area contributed by atoms with E-state index in [9.17, 15) is 52.7 Å². The van der Waals surface area contributed by atoms with Crippen LogP contribution in [0.2, 0.25) is 0 Å². The molecule has 0 unspecified atom stereocenters. The van der Waals surface area contributed by atoms with Gasteiger partial charge in [-0.25, -0.2) is 0 Å². The molecule has 0 aliphatic carbocycles. The highest BCUT2D eigenvalue weighted by molar-refractivity contribution is 5.85. The zero-order chi connectivity index (χ0) is 23.5. The summed E-state index contributed by atoms with van der Waals surface area (Å²) in [5.74, 6) is -5.97. The first-order chi connectivity index (χ1) is 13.5. The van der Waals surface area contributed by atoms with E-state index in [0.717, 1.165) is 0 Å². The van der Waals surface area contributed by atoms with Gasteiger partial charge < -0.3 is 19.9 Å². The first-order valence-corrected chi connectivity index (χ1v) is 7.45. The highest BCUT2D eigenvalue weighted by Crippen LogP contribution is 2.47. The molecule has 0 fully saturated rings. The maximum absolute atomic E-state index is 13.2. The third kappa shape index (κ3) is 7.59. The number of rotatable bonds is 11. The van der Waals surface area contributed by atoms with Crippen molar-refractivity contribution in [3.8, 4) is 17.2 Å². The van der Waals surface area contributed by atoms with Crippen LogP contribution in [0.15, 0.2) is 12.1 Å². The van der Waals surface area contributed by atoms with Gasteiger partial charge in [0.05, 0.1) is 0 Å². The van der Waals surface area contributed by atoms with Crippen molar-refractivity contribution in [3.63, 3.8) is 0 Å². The first kappa shape index (κ1) is 29.0. The van der Waals surface area contributed by atoms with E-state index in [4.69, 9.17) is 5.73 Å². The number of nitrogens with two attached hydrogens (primary N) is 1. The number of hydrogen-bond donors (Lipinski definition) is 1. The van der Waals surface area contributed by atoms with Crippen LogP contribution in [0, 0.1) is 0 Å². The van der Waals surface area contributed by atoms with Gasteiger partial charge in [-0.1, -0.05) is 0 Å². The van der Waals surface area contributed by atoms with Crippen LogP contribution < -0.4 is 19.9 Å². The Morgan fingerprint density at radius 2 is 1.00 bits per heavy atom. The second-order valence-electron chi connectivity index (χ2n) is 5.35. The van der Waals surface area contributed by atoms with Crippen LogP contribution in [0.25, 0.3) is 0 Å². The third-order valence-corrected chi connectivity index (χ3v) is 3.01. The lowest BCUT2D eigenvalue weighted by molar-refractivity contribution is -0.270. The summed E-state index contributed by atoms with van der Waals surface area (Å²) in [6.07, 6.45) is -30.8. The molecular formula is C14H12ClF12NO3. The van der Waals surface area contributed by atoms with E-state index in [1.54, 1.807) is 0 Å². The van der Waals surface area contributed by atoms with Gasteiger partial charge in [0.2, 0.25) is 5.75 Å². The quantitative estimate of drug-likeness (QED) is 0.414. The Labute approximate surface area is 171 Å². The molecule has 0 saturated heterocycles. The van der Waals surface area contributed by atoms with Crippen LogP contribution in [0.1, 0.15) is 5.56 Å². The van der Waals surface area contributed by atoms with Crippen LogP contribution in [0.5, 0.6) is 17.2 Å². The topological polar surface area (TPSA) is 53.7 Å². The van der Waals surface area contributed by atoms with Gasteiger partial charge >= 0.3 is 37.6 Å². The Morgan fingerprint density at radius 1 is 0.677 bits per heavy atom. The Kier molecular flexibility index (Phi) is 9.89. The Bertz CT molecular complexity index is 677. The maximum Gasteiger partial charge on any atom is 0.461 e. The molecule has 0 aromatic heterocycles. The summed E-state index contributed by atoms with van der Waals surface area (Å²) in [6.45, 7) is -0.372. The van der Waals surface area contributed by atoms with Gasteiger partial charge in [-0.3, -0.25) is 0 Å². The molecule has 17 heteroatoms. The summed E-state index contributed by atoms with van der Waals surface area (Å²) in [7, 11) is 0. The largest absolute Gasteiger partial charge is 0.461 e. The first-order valence-electron chi connectivity index (χ1n) is 7.45. The summed E-state index contributed by atoms with van der Waals surface area (Å²) >= 11 is 0. The lowest BCUT2D eigenvalue weighted by Gasteiger charge is -2.26. The molecule has 31 heavy (non-hydrogen) atoms. The summed E-state index contributed by atoms with van der Waals surface area (Å²) in [5, 5.41) is 0. The standard InChI is InChI=1S/C14H11F12NO3.ClH/c15-9(16)12(21,22)28-6-3-5(1-2-27)4-7(29-13(23,24)10(17)18)8(6)30-14(25,26)11(19)20;/h3-4,9-11H,1-2,27H2;1H. The van der Waals surface area contributed by atoms with Crippen LogP contribution >= 0.6 is 12.4 Å². The molecular weight excluding hydrogens is 494 g/mol. The minimum atomic E-state index is -5.58. The number of hydrogen-bond acceptors (Lipinski definition) is 4. The van der Waals surface area contributed by atoms with Gasteiger partial charge in [0.15, 0.2) is 11.5 Å². The summed E-state index contributed by atoms with van der Waals surface area (Å²) < 4.78 is 164. The van der Waals surface area contributed by atoms with Crippen molar-refractivity contribution < 1.29 is 66.9 Å². The van der Waals surface area contributed by atoms with Gasteiger partial charge in [0.25, 0.3) is 0 Å². The van der Waals surface area contributed by atoms with E-state index >= 15 is 0 Å². The molecule has 182 valence electrons. The maximum atomic E-state index is 13.2. The predicted molar refractivity (Wildman–Crippen MR) is 81.2 cm³/mol. The molecule has 0 aliphatic rings. The zero-order valence-corrected chi connectivity index (χ0v) is 15.4. The fraction of sp³-hybridized carbons (Fsp3) is 0.571. The molecule has 1 rings (SSSR count). The SMILES string of the molecule is Cl.NCCc1cc(OC(F)(F)C(F)F)c(OC(F)(F)C(F)F)c(OC(F)(F)C(F)F)c1. The lowest BCUT2D eigenvalue weighted by Crippen LogP contribution is -2.37. The van der Waals surface area contributed by atoms with Gasteiger partial charge in [-0.05, 0) is 30.7 Å². The molecule has 0 spiro atoms. The number of halogens is 13. The zero-order valence-electron chi connectivity index (χ0n) is 14.5. The van der Waals surface area contributed by atoms with Crippen molar-refractivity contribution in [2.75, 3.05) is 6.54 Å². The van der Waals surface area contributed by atoms with Gasteiger partial charge in [-0.2, -0.15) is 52.7 Å². The van der Waals surface area contributed by atoms with Crippen molar-refractivity contribution in [2.24, 2.45) is 5.73 Å². The molecule has 4 nitrogen and oxygen atoms in total. The van der Waals surface area contributed by atoms with Crippen molar-refractivity contribution in [3.05, 3.63) is 17.7 Å². The third-order valence-electron chi connectivity index (χ3n) is 3.01. The summed E-state index contributed by atoms with van der Waals surface area (Å²) in [6, 6.07) is 0.487. The molecule has 0 saturated carbocycles. The second-order valence-corrected chi connectivity index (χ2v) is 5.35. The molecule has 0 atom stereocenters. The molecule has 0 radical (unpaired) electrons. The van der Waals surface area contributed by atoms with E-state index in [-0.39, 0.29) is 31.1 Å². The van der Waals surface area contributed by atoms with Crippen molar-refractivity contribution in [1.29, 1.82) is 0 Å². The molecule has 0 amide bonds. The van der Waals surface area contributed by atoms with E-state index in [2.05, 4.69) is 14.2 Å². The van der Waals surface area contributed by atoms with Crippen LogP contribution in [0.3, 0.4) is 0 Å². The van der Waals surface area contributed by atoms with Crippen LogP contribution in [-0.4, -0.2) is 44.1 Å². The smallest absolute Gasteiger partial charge is 0.424 e. The Hall–Kier alpha value is -1.97. The summed E-state index contributed by atoms with van der Waals surface area (Å²) in [5.41, 5.74) is 4.63. The molecule has 1 aromatic carbocycles. The average Bonchev–Trinajstić information content (AvgIpc) is 2.57. The lowest BCUT2D eigenvalue weighted by atomic mass is 10.1. The molecule has 2 N–H and O–H groups in total. The van der Waals surface area contributed by atoms with E-state index in [1.165, 1.54) is 0 Å². The van der Waals surface area contributed by atoms with Crippen molar-refractivity contribution >= 4 is 12.4 Å². The predicted octanol–water partition coefficient (Wildman–Crippen LogP) is 5.32. The monoisotopic (exact) mass is 505 g/mol. The molecule has 0 heterocycles. The summed E-state index contributed by atoms with van der Waals surface area (Å²) in [4.78, 5) is 0. The van der Waals surface area contributed by atoms with Gasteiger partial charge in [0.1, 0.15) is 0 Å². The van der Waals surface area contributed by atoms with E-state index < -0.39 is 66.8 Å². The van der Waals surface area contributed by atoms with Crippen LogP contribution in [-0.2, 0) is 6.42 Å². The van der Waals surface area contributed by atoms with Crippen LogP contribution in [0.4, 0.5) is 52.7 Å². The Morgan fingerprint density at radius 3 is 1.29 bits per heavy atom. The van der Waals surface area contributed by atoms with Gasteiger partial charge in [-0.15, -0.1) is 12.4 Å². The number of benzene rings is 1. The van der Waals surface area contributed by atoms with Gasteiger partial charge in [0, 0.05) is 0 Å². The number of alkyl halides is 12. The molecule has 1 aromatic rings.